The Bertz CT molecular complexity index is 677. The maximum Gasteiger partial charge on any atom is 0.416 e. The van der Waals surface area contributed by atoms with E-state index in [1.807, 2.05) is 6.92 Å². The molecular formula is C18H18F3NO. The van der Waals surface area contributed by atoms with Crippen LogP contribution in [0.15, 0.2) is 48.5 Å². The van der Waals surface area contributed by atoms with E-state index in [4.69, 9.17) is 5.73 Å². The first kappa shape index (κ1) is 17.1. The summed E-state index contributed by atoms with van der Waals surface area (Å²) in [6.45, 7) is 1.99. The van der Waals surface area contributed by atoms with Crippen LogP contribution in [0.3, 0.4) is 0 Å². The molecule has 2 nitrogen and oxygen atoms in total. The number of primary amides is 1. The molecule has 0 unspecified atom stereocenters. The molecule has 0 aromatic heterocycles. The molecule has 0 aliphatic carbocycles. The molecule has 0 fully saturated rings. The van der Waals surface area contributed by atoms with Gasteiger partial charge >= 0.3 is 6.18 Å². The van der Waals surface area contributed by atoms with Crippen molar-refractivity contribution in [3.63, 3.8) is 0 Å². The standard InChI is InChI=1S/C18H18F3NO/c1-2-5-14(15-6-3-4-7-16(15)17(22)23)12-8-10-13(11-9-12)18(19,20)21/h3-4,6-11,14H,2,5H2,1H3,(H2,22,23)/t14-/m0/s1. The molecule has 2 aromatic carbocycles. The molecule has 0 heterocycles. The lowest BCUT2D eigenvalue weighted by atomic mass is 9.84. The first-order chi connectivity index (χ1) is 10.8. The third-order valence-electron chi connectivity index (χ3n) is 3.82. The van der Waals surface area contributed by atoms with Crippen molar-refractivity contribution in [1.82, 2.24) is 0 Å². The lowest BCUT2D eigenvalue weighted by Crippen LogP contribution is -2.16. The largest absolute Gasteiger partial charge is 0.416 e. The number of carbonyl (C=O) groups is 1. The average molecular weight is 321 g/mol. The van der Waals surface area contributed by atoms with E-state index < -0.39 is 17.6 Å². The minimum absolute atomic E-state index is 0.161. The van der Waals surface area contributed by atoms with Crippen molar-refractivity contribution in [3.05, 3.63) is 70.8 Å². The van der Waals surface area contributed by atoms with Crippen molar-refractivity contribution in [1.29, 1.82) is 0 Å². The van der Waals surface area contributed by atoms with Gasteiger partial charge in [0.2, 0.25) is 5.91 Å². The number of halogens is 3. The monoisotopic (exact) mass is 321 g/mol. The average Bonchev–Trinajstić information content (AvgIpc) is 2.52. The summed E-state index contributed by atoms with van der Waals surface area (Å²) in [6, 6.07) is 12.1. The highest BCUT2D eigenvalue weighted by molar-refractivity contribution is 5.94. The van der Waals surface area contributed by atoms with E-state index in [1.165, 1.54) is 12.1 Å². The summed E-state index contributed by atoms with van der Waals surface area (Å²) in [5, 5.41) is 0. The van der Waals surface area contributed by atoms with Crippen LogP contribution in [0, 0.1) is 0 Å². The van der Waals surface area contributed by atoms with Crippen LogP contribution >= 0.6 is 0 Å². The van der Waals surface area contributed by atoms with Crippen LogP contribution in [0.5, 0.6) is 0 Å². The van der Waals surface area contributed by atoms with Crippen molar-refractivity contribution < 1.29 is 18.0 Å². The van der Waals surface area contributed by atoms with Crippen molar-refractivity contribution in [3.8, 4) is 0 Å². The van der Waals surface area contributed by atoms with Crippen LogP contribution in [-0.4, -0.2) is 5.91 Å². The van der Waals surface area contributed by atoms with Gasteiger partial charge in [-0.2, -0.15) is 13.2 Å². The van der Waals surface area contributed by atoms with Crippen LogP contribution in [-0.2, 0) is 6.18 Å². The Morgan fingerprint density at radius 1 is 1.09 bits per heavy atom. The summed E-state index contributed by atoms with van der Waals surface area (Å²) < 4.78 is 38.1. The van der Waals surface area contributed by atoms with Gasteiger partial charge in [0.05, 0.1) is 5.56 Å². The Hall–Kier alpha value is -2.30. The molecule has 2 aromatic rings. The van der Waals surface area contributed by atoms with Crippen LogP contribution in [0.4, 0.5) is 13.2 Å². The van der Waals surface area contributed by atoms with Gasteiger partial charge in [0.1, 0.15) is 0 Å². The summed E-state index contributed by atoms with van der Waals surface area (Å²) in [5.41, 5.74) is 6.64. The highest BCUT2D eigenvalue weighted by atomic mass is 19.4. The second-order valence-electron chi connectivity index (χ2n) is 5.41. The normalized spacial score (nSPS) is 12.9. The number of benzene rings is 2. The number of alkyl halides is 3. The molecule has 122 valence electrons. The lowest BCUT2D eigenvalue weighted by Gasteiger charge is -2.20. The predicted octanol–water partition coefficient (Wildman–Crippen LogP) is 4.74. The molecule has 1 atom stereocenters. The predicted molar refractivity (Wildman–Crippen MR) is 83.2 cm³/mol. The molecule has 0 radical (unpaired) electrons. The van der Waals surface area contributed by atoms with Gasteiger partial charge in [0.25, 0.3) is 0 Å². The number of rotatable bonds is 5. The smallest absolute Gasteiger partial charge is 0.366 e. The number of hydrogen-bond acceptors (Lipinski definition) is 1. The second-order valence-corrected chi connectivity index (χ2v) is 5.41. The van der Waals surface area contributed by atoms with E-state index in [2.05, 4.69) is 0 Å². The SMILES string of the molecule is CCC[C@@H](c1ccc(C(F)(F)F)cc1)c1ccccc1C(N)=O. The fourth-order valence-electron chi connectivity index (χ4n) is 2.72. The Morgan fingerprint density at radius 3 is 2.22 bits per heavy atom. The van der Waals surface area contributed by atoms with E-state index >= 15 is 0 Å². The first-order valence-electron chi connectivity index (χ1n) is 7.40. The van der Waals surface area contributed by atoms with Crippen molar-refractivity contribution in [2.75, 3.05) is 0 Å². The van der Waals surface area contributed by atoms with Gasteiger partial charge < -0.3 is 5.73 Å². The summed E-state index contributed by atoms with van der Waals surface area (Å²) in [4.78, 5) is 11.6. The molecular weight excluding hydrogens is 303 g/mol. The maximum atomic E-state index is 12.7. The molecule has 0 saturated heterocycles. The molecule has 5 heteroatoms. The molecule has 2 rings (SSSR count). The zero-order chi connectivity index (χ0) is 17.0. The molecule has 0 aliphatic heterocycles. The Kier molecular flexibility index (Phi) is 5.08. The van der Waals surface area contributed by atoms with E-state index in [0.717, 1.165) is 36.1 Å². The minimum Gasteiger partial charge on any atom is -0.366 e. The van der Waals surface area contributed by atoms with E-state index in [0.29, 0.717) is 5.56 Å². The number of amides is 1. The summed E-state index contributed by atoms with van der Waals surface area (Å²) in [7, 11) is 0. The molecule has 0 aliphatic rings. The molecule has 0 saturated carbocycles. The fourth-order valence-corrected chi connectivity index (χ4v) is 2.72. The Morgan fingerprint density at radius 2 is 1.70 bits per heavy atom. The highest BCUT2D eigenvalue weighted by Gasteiger charge is 2.30. The molecule has 0 bridgehead atoms. The van der Waals surface area contributed by atoms with E-state index in [-0.39, 0.29) is 5.92 Å². The van der Waals surface area contributed by atoms with Crippen LogP contribution in [0.2, 0.25) is 0 Å². The Balaban J connectivity index is 2.45. The molecule has 2 N–H and O–H groups in total. The zero-order valence-corrected chi connectivity index (χ0v) is 12.7. The van der Waals surface area contributed by atoms with Gasteiger partial charge in [0, 0.05) is 11.5 Å². The van der Waals surface area contributed by atoms with Crippen LogP contribution in [0.25, 0.3) is 0 Å². The van der Waals surface area contributed by atoms with Gasteiger partial charge in [-0.1, -0.05) is 43.7 Å². The summed E-state index contributed by atoms with van der Waals surface area (Å²) in [5.74, 6) is -0.695. The van der Waals surface area contributed by atoms with Crippen LogP contribution < -0.4 is 5.73 Å². The molecule has 23 heavy (non-hydrogen) atoms. The van der Waals surface area contributed by atoms with Gasteiger partial charge in [0.15, 0.2) is 0 Å². The van der Waals surface area contributed by atoms with Crippen molar-refractivity contribution in [2.24, 2.45) is 5.73 Å². The second kappa shape index (κ2) is 6.86. The summed E-state index contributed by atoms with van der Waals surface area (Å²) >= 11 is 0. The third-order valence-corrected chi connectivity index (χ3v) is 3.82. The first-order valence-corrected chi connectivity index (χ1v) is 7.40. The molecule has 1 amide bonds. The number of nitrogens with two attached hydrogens (primary N) is 1. The van der Waals surface area contributed by atoms with E-state index in [9.17, 15) is 18.0 Å². The summed E-state index contributed by atoms with van der Waals surface area (Å²) in [6.07, 6.45) is -2.81. The zero-order valence-electron chi connectivity index (χ0n) is 12.7. The number of carbonyl (C=O) groups excluding carboxylic acids is 1. The van der Waals surface area contributed by atoms with Gasteiger partial charge in [-0.3, -0.25) is 4.79 Å². The van der Waals surface area contributed by atoms with Crippen molar-refractivity contribution in [2.45, 2.75) is 31.9 Å². The topological polar surface area (TPSA) is 43.1 Å². The fraction of sp³-hybridized carbons (Fsp3) is 0.278. The lowest BCUT2D eigenvalue weighted by molar-refractivity contribution is -0.137. The molecule has 0 spiro atoms. The Labute approximate surface area is 133 Å². The third kappa shape index (κ3) is 3.92. The quantitative estimate of drug-likeness (QED) is 0.849. The van der Waals surface area contributed by atoms with Crippen LogP contribution in [0.1, 0.15) is 52.7 Å². The maximum absolute atomic E-state index is 12.7. The van der Waals surface area contributed by atoms with E-state index in [1.54, 1.807) is 24.3 Å². The van der Waals surface area contributed by atoms with Crippen molar-refractivity contribution >= 4 is 5.91 Å². The highest BCUT2D eigenvalue weighted by Crippen LogP contribution is 2.34. The number of hydrogen-bond donors (Lipinski definition) is 1. The van der Waals surface area contributed by atoms with Gasteiger partial charge in [-0.05, 0) is 35.7 Å². The van der Waals surface area contributed by atoms with Gasteiger partial charge in [-0.25, -0.2) is 0 Å². The van der Waals surface area contributed by atoms with Gasteiger partial charge in [-0.15, -0.1) is 0 Å². The minimum atomic E-state index is -4.36.